The third-order valence-electron chi connectivity index (χ3n) is 4.33. The summed E-state index contributed by atoms with van der Waals surface area (Å²) in [4.78, 5) is 4.74. The monoisotopic (exact) mass is 358 g/mol. The van der Waals surface area contributed by atoms with Crippen molar-refractivity contribution in [2.45, 2.75) is 25.7 Å². The van der Waals surface area contributed by atoms with Gasteiger partial charge < -0.3 is 15.2 Å². The number of aliphatic hydroxyl groups is 1. The van der Waals surface area contributed by atoms with Crippen LogP contribution in [0.1, 0.15) is 25.7 Å². The summed E-state index contributed by atoms with van der Waals surface area (Å²) in [6.45, 7) is 1.15. The normalized spacial score (nSPS) is 11.2. The van der Waals surface area contributed by atoms with Crippen molar-refractivity contribution in [3.63, 3.8) is 0 Å². The molecular formula is C20H23ClN2O2. The van der Waals surface area contributed by atoms with Crippen molar-refractivity contribution < 1.29 is 9.84 Å². The number of unbranched alkanes of at least 4 members (excludes halogenated alkanes) is 3. The number of fused-ring (bicyclic) bond motifs is 2. The lowest BCUT2D eigenvalue weighted by Crippen LogP contribution is -2.04. The van der Waals surface area contributed by atoms with Crippen LogP contribution in [0.4, 0.5) is 5.69 Å². The van der Waals surface area contributed by atoms with Crippen LogP contribution in [-0.4, -0.2) is 30.4 Å². The molecule has 0 amide bonds. The number of aliphatic hydroxyl groups excluding tert-OH is 1. The number of nitrogens with zero attached hydrogens (tertiary/aromatic N) is 1. The maximum absolute atomic E-state index is 8.86. The quantitative estimate of drug-likeness (QED) is 0.438. The van der Waals surface area contributed by atoms with Crippen molar-refractivity contribution in [1.29, 1.82) is 0 Å². The van der Waals surface area contributed by atoms with E-state index in [2.05, 4.69) is 5.32 Å². The molecule has 25 heavy (non-hydrogen) atoms. The molecule has 0 unspecified atom stereocenters. The van der Waals surface area contributed by atoms with E-state index in [9.17, 15) is 0 Å². The topological polar surface area (TPSA) is 54.4 Å². The lowest BCUT2D eigenvalue weighted by molar-refractivity contribution is 0.283. The van der Waals surface area contributed by atoms with Gasteiger partial charge in [0.1, 0.15) is 5.75 Å². The molecule has 0 atom stereocenters. The van der Waals surface area contributed by atoms with E-state index >= 15 is 0 Å². The van der Waals surface area contributed by atoms with Gasteiger partial charge >= 0.3 is 0 Å². The Labute approximate surface area is 152 Å². The van der Waals surface area contributed by atoms with E-state index in [-0.39, 0.29) is 6.61 Å². The second-order valence-electron chi connectivity index (χ2n) is 6.10. The molecule has 0 saturated heterocycles. The SMILES string of the molecule is COc1ccc2nc3cc(Cl)ccc3c(NCCCCCCO)c2c1. The van der Waals surface area contributed by atoms with E-state index in [4.69, 9.17) is 26.4 Å². The zero-order valence-electron chi connectivity index (χ0n) is 14.4. The maximum atomic E-state index is 8.86. The van der Waals surface area contributed by atoms with E-state index in [1.165, 1.54) is 0 Å². The van der Waals surface area contributed by atoms with Gasteiger partial charge in [0.2, 0.25) is 0 Å². The lowest BCUT2D eigenvalue weighted by atomic mass is 10.1. The van der Waals surface area contributed by atoms with Crippen LogP contribution in [0.5, 0.6) is 5.75 Å². The van der Waals surface area contributed by atoms with E-state index in [1.807, 2.05) is 36.4 Å². The molecule has 0 fully saturated rings. The Morgan fingerprint density at radius 2 is 1.84 bits per heavy atom. The standard InChI is InChI=1S/C20H23ClN2O2/c1-25-15-7-9-18-17(13-15)20(22-10-4-2-3-5-11-24)16-8-6-14(21)12-19(16)23-18/h6-9,12-13,24H,2-5,10-11H2,1H3,(H,22,23). The molecule has 0 aliphatic rings. The minimum absolute atomic E-state index is 0.271. The van der Waals surface area contributed by atoms with Crippen molar-refractivity contribution in [2.75, 3.05) is 25.6 Å². The van der Waals surface area contributed by atoms with Crippen LogP contribution in [-0.2, 0) is 0 Å². The third kappa shape index (κ3) is 4.14. The minimum Gasteiger partial charge on any atom is -0.497 e. The van der Waals surface area contributed by atoms with Crippen molar-refractivity contribution in [3.05, 3.63) is 41.4 Å². The highest BCUT2D eigenvalue weighted by Gasteiger charge is 2.10. The molecule has 3 aromatic rings. The van der Waals surface area contributed by atoms with Crippen LogP contribution in [0.2, 0.25) is 5.02 Å². The average Bonchev–Trinajstić information content (AvgIpc) is 2.63. The number of methoxy groups -OCH3 is 1. The fraction of sp³-hybridized carbons (Fsp3) is 0.350. The van der Waals surface area contributed by atoms with Crippen LogP contribution in [0.15, 0.2) is 36.4 Å². The van der Waals surface area contributed by atoms with Crippen LogP contribution in [0.25, 0.3) is 21.8 Å². The van der Waals surface area contributed by atoms with Gasteiger partial charge in [0, 0.05) is 28.9 Å². The summed E-state index contributed by atoms with van der Waals surface area (Å²) in [5, 5.41) is 15.2. The minimum atomic E-state index is 0.271. The fourth-order valence-corrected chi connectivity index (χ4v) is 3.18. The Kier molecular flexibility index (Phi) is 5.95. The number of nitrogens with one attached hydrogen (secondary N) is 1. The molecule has 0 spiro atoms. The van der Waals surface area contributed by atoms with Crippen LogP contribution in [0, 0.1) is 0 Å². The number of ether oxygens (including phenoxy) is 1. The predicted octanol–water partition coefficient (Wildman–Crippen LogP) is 5.01. The highest BCUT2D eigenvalue weighted by atomic mass is 35.5. The first-order valence-electron chi connectivity index (χ1n) is 8.64. The number of benzene rings is 2. The number of hydrogen-bond donors (Lipinski definition) is 2. The van der Waals surface area contributed by atoms with E-state index < -0.39 is 0 Å². The molecular weight excluding hydrogens is 336 g/mol. The van der Waals surface area contributed by atoms with Gasteiger partial charge in [-0.05, 0) is 49.2 Å². The maximum Gasteiger partial charge on any atom is 0.119 e. The van der Waals surface area contributed by atoms with E-state index in [1.54, 1.807) is 7.11 Å². The third-order valence-corrected chi connectivity index (χ3v) is 4.56. The molecule has 2 N–H and O–H groups in total. The second-order valence-corrected chi connectivity index (χ2v) is 6.53. The van der Waals surface area contributed by atoms with Gasteiger partial charge in [-0.3, -0.25) is 0 Å². The molecule has 0 saturated carbocycles. The van der Waals surface area contributed by atoms with Crippen molar-refractivity contribution >= 4 is 39.1 Å². The van der Waals surface area contributed by atoms with Gasteiger partial charge in [-0.2, -0.15) is 0 Å². The molecule has 1 heterocycles. The molecule has 2 aromatic carbocycles. The largest absolute Gasteiger partial charge is 0.497 e. The van der Waals surface area contributed by atoms with Crippen LogP contribution < -0.4 is 10.1 Å². The predicted molar refractivity (Wildman–Crippen MR) is 105 cm³/mol. The van der Waals surface area contributed by atoms with Crippen molar-refractivity contribution in [2.24, 2.45) is 0 Å². The Morgan fingerprint density at radius 1 is 1.00 bits per heavy atom. The van der Waals surface area contributed by atoms with Crippen molar-refractivity contribution in [3.8, 4) is 5.75 Å². The summed E-state index contributed by atoms with van der Waals surface area (Å²) >= 11 is 6.14. The van der Waals surface area contributed by atoms with Gasteiger partial charge in [0.15, 0.2) is 0 Å². The molecule has 4 nitrogen and oxygen atoms in total. The number of aromatic nitrogens is 1. The van der Waals surface area contributed by atoms with Crippen LogP contribution >= 0.6 is 11.6 Å². The highest BCUT2D eigenvalue weighted by Crippen LogP contribution is 2.34. The van der Waals surface area contributed by atoms with E-state index in [0.717, 1.165) is 65.5 Å². The zero-order chi connectivity index (χ0) is 17.6. The van der Waals surface area contributed by atoms with Gasteiger partial charge in [0.05, 0.1) is 23.8 Å². The number of rotatable bonds is 8. The molecule has 0 aliphatic heterocycles. The highest BCUT2D eigenvalue weighted by molar-refractivity contribution is 6.31. The second kappa shape index (κ2) is 8.37. The first-order valence-corrected chi connectivity index (χ1v) is 9.02. The smallest absolute Gasteiger partial charge is 0.119 e. The molecule has 5 heteroatoms. The first kappa shape index (κ1) is 17.8. The lowest BCUT2D eigenvalue weighted by Gasteiger charge is -2.14. The van der Waals surface area contributed by atoms with Crippen molar-refractivity contribution in [1.82, 2.24) is 4.98 Å². The number of anilines is 1. The van der Waals surface area contributed by atoms with Crippen LogP contribution in [0.3, 0.4) is 0 Å². The summed E-state index contributed by atoms with van der Waals surface area (Å²) in [7, 11) is 1.67. The molecule has 3 rings (SSSR count). The number of halogens is 1. The molecule has 0 aliphatic carbocycles. The van der Waals surface area contributed by atoms with Gasteiger partial charge in [-0.15, -0.1) is 0 Å². The Hall–Kier alpha value is -2.04. The Balaban J connectivity index is 1.95. The summed E-state index contributed by atoms with van der Waals surface area (Å²) in [6.07, 6.45) is 4.09. The van der Waals surface area contributed by atoms with E-state index in [0.29, 0.717) is 5.02 Å². The molecule has 1 aromatic heterocycles. The summed E-state index contributed by atoms with van der Waals surface area (Å²) in [6, 6.07) is 11.7. The summed E-state index contributed by atoms with van der Waals surface area (Å²) in [5.74, 6) is 0.814. The molecule has 0 bridgehead atoms. The number of pyridine rings is 1. The number of hydrogen-bond acceptors (Lipinski definition) is 4. The first-order chi connectivity index (χ1) is 12.2. The zero-order valence-corrected chi connectivity index (χ0v) is 15.1. The van der Waals surface area contributed by atoms with Gasteiger partial charge in [-0.25, -0.2) is 4.98 Å². The Morgan fingerprint density at radius 3 is 2.64 bits per heavy atom. The molecule has 0 radical (unpaired) electrons. The fourth-order valence-electron chi connectivity index (χ4n) is 3.02. The Bertz CT molecular complexity index is 867. The van der Waals surface area contributed by atoms with Gasteiger partial charge in [-0.1, -0.05) is 24.4 Å². The van der Waals surface area contributed by atoms with Gasteiger partial charge in [0.25, 0.3) is 0 Å². The summed E-state index contributed by atoms with van der Waals surface area (Å²) in [5.41, 5.74) is 2.86. The average molecular weight is 359 g/mol. The summed E-state index contributed by atoms with van der Waals surface area (Å²) < 4.78 is 5.38. The molecule has 132 valence electrons.